The molecule has 0 radical (unpaired) electrons. The second-order valence-electron chi connectivity index (χ2n) is 5.97. The minimum Gasteiger partial charge on any atom is -0.271 e. The van der Waals surface area contributed by atoms with E-state index in [-0.39, 0.29) is 6.04 Å². The van der Waals surface area contributed by atoms with Crippen LogP contribution in [0, 0.1) is 0 Å². The quantitative estimate of drug-likeness (QED) is 0.504. The molecule has 0 fully saturated rings. The number of hydrogen-bond acceptors (Lipinski definition) is 3. The molecule has 3 N–H and O–H groups in total. The summed E-state index contributed by atoms with van der Waals surface area (Å²) in [5, 5.41) is 5.91. The van der Waals surface area contributed by atoms with E-state index in [9.17, 15) is 0 Å². The van der Waals surface area contributed by atoms with Gasteiger partial charge in [0.15, 0.2) is 0 Å². The van der Waals surface area contributed by atoms with Crippen LogP contribution in [0.5, 0.6) is 0 Å². The van der Waals surface area contributed by atoms with Crippen molar-refractivity contribution in [2.75, 3.05) is 0 Å². The number of fused-ring (bicyclic) bond motifs is 1. The summed E-state index contributed by atoms with van der Waals surface area (Å²) in [4.78, 5) is 0. The summed E-state index contributed by atoms with van der Waals surface area (Å²) in [6.45, 7) is 0. The van der Waals surface area contributed by atoms with Gasteiger partial charge in [-0.3, -0.25) is 16.0 Å². The molecule has 21 heavy (non-hydrogen) atoms. The van der Waals surface area contributed by atoms with Crippen molar-refractivity contribution < 1.29 is 0 Å². The normalized spacial score (nSPS) is 17.0. The Morgan fingerprint density at radius 3 is 2.90 bits per heavy atom. The van der Waals surface area contributed by atoms with Crippen molar-refractivity contribution in [3.8, 4) is 0 Å². The van der Waals surface area contributed by atoms with Crippen LogP contribution in [0.25, 0.3) is 10.9 Å². The molecule has 0 amide bonds. The van der Waals surface area contributed by atoms with Crippen molar-refractivity contribution in [3.63, 3.8) is 0 Å². The summed E-state index contributed by atoms with van der Waals surface area (Å²) < 4.78 is 1.96. The highest BCUT2D eigenvalue weighted by atomic mass is 15.3. The molecule has 1 aromatic carbocycles. The number of nitrogens with zero attached hydrogens (tertiary/aromatic N) is 2. The van der Waals surface area contributed by atoms with Crippen LogP contribution in [0.4, 0.5) is 0 Å². The Labute approximate surface area is 126 Å². The van der Waals surface area contributed by atoms with E-state index >= 15 is 0 Å². The van der Waals surface area contributed by atoms with E-state index in [1.807, 2.05) is 11.7 Å². The molecule has 3 rings (SSSR count). The SMILES string of the molecule is Cn1nc(CC(CC2=CCCCC2)NN)c2ccccc21. The topological polar surface area (TPSA) is 55.9 Å². The third-order valence-electron chi connectivity index (χ3n) is 4.40. The van der Waals surface area contributed by atoms with Gasteiger partial charge in [0.25, 0.3) is 0 Å². The fourth-order valence-electron chi connectivity index (χ4n) is 3.27. The van der Waals surface area contributed by atoms with E-state index in [1.54, 1.807) is 5.57 Å². The van der Waals surface area contributed by atoms with Gasteiger partial charge in [-0.25, -0.2) is 0 Å². The second kappa shape index (κ2) is 6.41. The number of rotatable bonds is 5. The number of allylic oxidation sites excluding steroid dienone is 1. The molecular weight excluding hydrogens is 260 g/mol. The zero-order chi connectivity index (χ0) is 14.7. The molecular formula is C17H24N4. The fraction of sp³-hybridized carbons (Fsp3) is 0.471. The summed E-state index contributed by atoms with van der Waals surface area (Å²) in [6.07, 6.45) is 9.38. The molecule has 2 aromatic rings. The predicted molar refractivity (Wildman–Crippen MR) is 86.7 cm³/mol. The maximum atomic E-state index is 5.78. The Morgan fingerprint density at radius 1 is 1.29 bits per heavy atom. The molecule has 112 valence electrons. The average Bonchev–Trinajstić information content (AvgIpc) is 2.84. The summed E-state index contributed by atoms with van der Waals surface area (Å²) in [5.74, 6) is 5.78. The number of aryl methyl sites for hydroxylation is 1. The number of nitrogens with one attached hydrogen (secondary N) is 1. The van der Waals surface area contributed by atoms with Gasteiger partial charge in [0.05, 0.1) is 11.2 Å². The van der Waals surface area contributed by atoms with Gasteiger partial charge < -0.3 is 0 Å². The van der Waals surface area contributed by atoms with Crippen molar-refractivity contribution in [1.82, 2.24) is 15.2 Å². The number of hydrazine groups is 1. The highest BCUT2D eigenvalue weighted by Crippen LogP contribution is 2.24. The van der Waals surface area contributed by atoms with Gasteiger partial charge in [0.2, 0.25) is 0 Å². The monoisotopic (exact) mass is 284 g/mol. The average molecular weight is 284 g/mol. The number of benzene rings is 1. The van der Waals surface area contributed by atoms with E-state index in [4.69, 9.17) is 5.84 Å². The van der Waals surface area contributed by atoms with E-state index in [1.165, 1.54) is 36.6 Å². The van der Waals surface area contributed by atoms with E-state index in [2.05, 4.69) is 40.9 Å². The molecule has 1 aliphatic carbocycles. The lowest BCUT2D eigenvalue weighted by molar-refractivity contribution is 0.499. The maximum Gasteiger partial charge on any atom is 0.0719 e. The number of hydrogen-bond donors (Lipinski definition) is 2. The minimum absolute atomic E-state index is 0.257. The molecule has 0 bridgehead atoms. The van der Waals surface area contributed by atoms with Crippen LogP contribution in [0.2, 0.25) is 0 Å². The van der Waals surface area contributed by atoms with Crippen LogP contribution < -0.4 is 11.3 Å². The smallest absolute Gasteiger partial charge is 0.0719 e. The molecule has 1 heterocycles. The first-order chi connectivity index (χ1) is 10.3. The highest BCUT2D eigenvalue weighted by Gasteiger charge is 2.16. The van der Waals surface area contributed by atoms with E-state index in [0.717, 1.165) is 18.5 Å². The van der Waals surface area contributed by atoms with Crippen LogP contribution in [0.3, 0.4) is 0 Å². The van der Waals surface area contributed by atoms with Crippen molar-refractivity contribution >= 4 is 10.9 Å². The van der Waals surface area contributed by atoms with Crippen LogP contribution in [-0.4, -0.2) is 15.8 Å². The standard InChI is InChI=1S/C17H24N4/c1-21-17-10-6-5-9-15(17)16(20-21)12-14(19-18)11-13-7-3-2-4-8-13/h5-7,9-10,14,19H,2-4,8,11-12,18H2,1H3. The van der Waals surface area contributed by atoms with Gasteiger partial charge in [0.1, 0.15) is 0 Å². The lowest BCUT2D eigenvalue weighted by Crippen LogP contribution is -2.37. The van der Waals surface area contributed by atoms with Gasteiger partial charge in [-0.05, 0) is 38.2 Å². The highest BCUT2D eigenvalue weighted by molar-refractivity contribution is 5.81. The van der Waals surface area contributed by atoms with E-state index < -0.39 is 0 Å². The Bertz CT molecular complexity index is 641. The van der Waals surface area contributed by atoms with Gasteiger partial charge >= 0.3 is 0 Å². The van der Waals surface area contributed by atoms with Crippen LogP contribution in [0.15, 0.2) is 35.9 Å². The Balaban J connectivity index is 1.77. The molecule has 4 nitrogen and oxygen atoms in total. The van der Waals surface area contributed by atoms with Crippen LogP contribution in [-0.2, 0) is 13.5 Å². The second-order valence-corrected chi connectivity index (χ2v) is 5.97. The van der Waals surface area contributed by atoms with Gasteiger partial charge in [-0.15, -0.1) is 0 Å². The first kappa shape index (κ1) is 14.3. The van der Waals surface area contributed by atoms with Crippen molar-refractivity contribution in [2.24, 2.45) is 12.9 Å². The van der Waals surface area contributed by atoms with Gasteiger partial charge in [-0.1, -0.05) is 29.8 Å². The number of para-hydroxylation sites is 1. The Kier molecular flexibility index (Phi) is 4.36. The fourth-order valence-corrected chi connectivity index (χ4v) is 3.27. The van der Waals surface area contributed by atoms with Crippen molar-refractivity contribution in [2.45, 2.75) is 44.6 Å². The lowest BCUT2D eigenvalue weighted by atomic mass is 9.92. The van der Waals surface area contributed by atoms with Crippen molar-refractivity contribution in [3.05, 3.63) is 41.6 Å². The molecule has 1 atom stereocenters. The Morgan fingerprint density at radius 2 is 2.14 bits per heavy atom. The summed E-state index contributed by atoms with van der Waals surface area (Å²) >= 11 is 0. The molecule has 1 unspecified atom stereocenters. The van der Waals surface area contributed by atoms with Crippen LogP contribution >= 0.6 is 0 Å². The molecule has 0 saturated heterocycles. The predicted octanol–water partition coefficient (Wildman–Crippen LogP) is 2.84. The van der Waals surface area contributed by atoms with Gasteiger partial charge in [-0.2, -0.15) is 5.10 Å². The largest absolute Gasteiger partial charge is 0.271 e. The number of aromatic nitrogens is 2. The maximum absolute atomic E-state index is 5.78. The first-order valence-corrected chi connectivity index (χ1v) is 7.82. The molecule has 1 aromatic heterocycles. The zero-order valence-corrected chi connectivity index (χ0v) is 12.7. The molecule has 4 heteroatoms. The molecule has 0 spiro atoms. The molecule has 0 saturated carbocycles. The third kappa shape index (κ3) is 3.17. The first-order valence-electron chi connectivity index (χ1n) is 7.82. The van der Waals surface area contributed by atoms with E-state index in [0.29, 0.717) is 0 Å². The zero-order valence-electron chi connectivity index (χ0n) is 12.7. The lowest BCUT2D eigenvalue weighted by Gasteiger charge is -2.19. The summed E-state index contributed by atoms with van der Waals surface area (Å²) in [7, 11) is 2.00. The summed E-state index contributed by atoms with van der Waals surface area (Å²) in [6, 6.07) is 8.64. The van der Waals surface area contributed by atoms with Crippen molar-refractivity contribution in [1.29, 1.82) is 0 Å². The molecule has 0 aliphatic heterocycles. The third-order valence-corrected chi connectivity index (χ3v) is 4.40. The van der Waals surface area contributed by atoms with Gasteiger partial charge in [0, 0.05) is 24.9 Å². The minimum atomic E-state index is 0.257. The van der Waals surface area contributed by atoms with Crippen LogP contribution in [0.1, 0.15) is 37.8 Å². The summed E-state index contributed by atoms with van der Waals surface area (Å²) in [5.41, 5.74) is 6.84. The number of nitrogens with two attached hydrogens (primary N) is 1. The Hall–Kier alpha value is -1.65. The molecule has 1 aliphatic rings.